The van der Waals surface area contributed by atoms with Crippen LogP contribution in [0, 0.1) is 5.92 Å². The van der Waals surface area contributed by atoms with E-state index >= 15 is 0 Å². The van der Waals surface area contributed by atoms with Crippen molar-refractivity contribution in [2.24, 2.45) is 5.92 Å². The fourth-order valence-electron chi connectivity index (χ4n) is 5.42. The number of amides is 2. The van der Waals surface area contributed by atoms with Crippen molar-refractivity contribution in [2.45, 2.75) is 38.1 Å². The summed E-state index contributed by atoms with van der Waals surface area (Å²) in [5.74, 6) is -1.31. The van der Waals surface area contributed by atoms with Gasteiger partial charge >= 0.3 is 5.97 Å². The van der Waals surface area contributed by atoms with E-state index in [9.17, 15) is 19.5 Å². The van der Waals surface area contributed by atoms with Gasteiger partial charge in [-0.05, 0) is 47.2 Å². The van der Waals surface area contributed by atoms with Crippen LogP contribution in [0.15, 0.2) is 121 Å². The van der Waals surface area contributed by atoms with Gasteiger partial charge in [0, 0.05) is 36.7 Å². The molecule has 1 heterocycles. The second kappa shape index (κ2) is 15.5. The van der Waals surface area contributed by atoms with Crippen molar-refractivity contribution in [3.63, 3.8) is 0 Å². The number of hydrogen-bond acceptors (Lipinski definition) is 6. The Bertz CT molecular complexity index is 1620. The summed E-state index contributed by atoms with van der Waals surface area (Å²) >= 11 is 0. The predicted octanol–water partition coefficient (Wildman–Crippen LogP) is 5.25. The van der Waals surface area contributed by atoms with Gasteiger partial charge in [0.25, 0.3) is 5.91 Å². The zero-order valence-corrected chi connectivity index (χ0v) is 24.9. The Morgan fingerprint density at radius 3 is 2.36 bits per heavy atom. The summed E-state index contributed by atoms with van der Waals surface area (Å²) in [5, 5.41) is 19.9. The lowest BCUT2D eigenvalue weighted by Crippen LogP contribution is -2.37. The second-order valence-electron chi connectivity index (χ2n) is 11.0. The standard InChI is InChI=1S/C37H37N3O5/c41-34(24-28-15-7-8-16-31(28)27-13-5-2-6-14-27)40-33-18-10-9-17-32(33)37(44)39-30(23-29-21-22-38-36(29)43)19-20-35(42)45-25-26-11-3-1-4-12-26/h1-20,29-30,34,40-41H,21-25H2,(H,38,43)(H,39,44)/b20-19+/t29?,30-,34?/m1/s1. The van der Waals surface area contributed by atoms with Gasteiger partial charge in [0.1, 0.15) is 12.8 Å². The first-order valence-electron chi connectivity index (χ1n) is 15.1. The number of esters is 1. The summed E-state index contributed by atoms with van der Waals surface area (Å²) < 4.78 is 5.35. The lowest BCUT2D eigenvalue weighted by Gasteiger charge is -2.21. The monoisotopic (exact) mass is 603 g/mol. The molecule has 1 saturated heterocycles. The fraction of sp³-hybridized carbons (Fsp3) is 0.216. The van der Waals surface area contributed by atoms with E-state index in [1.807, 2.05) is 84.9 Å². The van der Waals surface area contributed by atoms with Crippen LogP contribution in [0.4, 0.5) is 5.69 Å². The van der Waals surface area contributed by atoms with Gasteiger partial charge in [0.2, 0.25) is 5.91 Å². The molecule has 5 rings (SSSR count). The Kier molecular flexibility index (Phi) is 10.8. The number of para-hydroxylation sites is 1. The van der Waals surface area contributed by atoms with Crippen molar-refractivity contribution in [1.82, 2.24) is 10.6 Å². The molecule has 4 N–H and O–H groups in total. The third-order valence-electron chi connectivity index (χ3n) is 7.72. The van der Waals surface area contributed by atoms with Crippen LogP contribution in [0.1, 0.15) is 34.3 Å². The Morgan fingerprint density at radius 1 is 0.911 bits per heavy atom. The first kappa shape index (κ1) is 31.2. The molecule has 4 aromatic carbocycles. The van der Waals surface area contributed by atoms with Crippen LogP contribution < -0.4 is 16.0 Å². The summed E-state index contributed by atoms with van der Waals surface area (Å²) in [7, 11) is 0. The number of nitrogens with one attached hydrogen (secondary N) is 3. The van der Waals surface area contributed by atoms with Crippen LogP contribution in [0.5, 0.6) is 0 Å². The van der Waals surface area contributed by atoms with Gasteiger partial charge in [0.15, 0.2) is 0 Å². The Balaban J connectivity index is 1.26. The molecule has 45 heavy (non-hydrogen) atoms. The first-order valence-corrected chi connectivity index (χ1v) is 15.1. The van der Waals surface area contributed by atoms with E-state index in [0.29, 0.717) is 37.1 Å². The highest BCUT2D eigenvalue weighted by Gasteiger charge is 2.28. The molecule has 0 aliphatic carbocycles. The zero-order valence-electron chi connectivity index (χ0n) is 24.9. The second-order valence-corrected chi connectivity index (χ2v) is 11.0. The Labute approximate surface area is 263 Å². The number of carbonyl (C=O) groups excluding carboxylic acids is 3. The fourth-order valence-corrected chi connectivity index (χ4v) is 5.42. The molecule has 2 unspecified atom stereocenters. The van der Waals surface area contributed by atoms with E-state index in [-0.39, 0.29) is 18.4 Å². The highest BCUT2D eigenvalue weighted by atomic mass is 16.5. The number of aliphatic hydroxyl groups excluding tert-OH is 1. The molecule has 230 valence electrons. The van der Waals surface area contributed by atoms with Crippen LogP contribution in [-0.4, -0.2) is 41.7 Å². The minimum Gasteiger partial charge on any atom is -0.458 e. The van der Waals surface area contributed by atoms with Crippen LogP contribution >= 0.6 is 0 Å². The number of hydrogen-bond donors (Lipinski definition) is 4. The molecule has 0 bridgehead atoms. The maximum absolute atomic E-state index is 13.6. The summed E-state index contributed by atoms with van der Waals surface area (Å²) in [6.45, 7) is 0.703. The van der Waals surface area contributed by atoms with E-state index in [4.69, 9.17) is 4.74 Å². The summed E-state index contributed by atoms with van der Waals surface area (Å²) in [5.41, 5.74) is 4.69. The molecule has 1 aliphatic heterocycles. The molecule has 0 radical (unpaired) electrons. The van der Waals surface area contributed by atoms with Crippen molar-refractivity contribution in [3.8, 4) is 11.1 Å². The highest BCUT2D eigenvalue weighted by Crippen LogP contribution is 2.25. The molecule has 1 aliphatic rings. The first-order chi connectivity index (χ1) is 22.0. The molecular weight excluding hydrogens is 566 g/mol. The van der Waals surface area contributed by atoms with Crippen molar-refractivity contribution in [1.29, 1.82) is 0 Å². The third-order valence-corrected chi connectivity index (χ3v) is 7.72. The summed E-state index contributed by atoms with van der Waals surface area (Å²) in [4.78, 5) is 38.4. The minimum atomic E-state index is -0.971. The smallest absolute Gasteiger partial charge is 0.330 e. The number of ether oxygens (including phenoxy) is 1. The molecule has 8 nitrogen and oxygen atoms in total. The average molecular weight is 604 g/mol. The molecular formula is C37H37N3O5. The normalized spacial score (nSPS) is 15.7. The Morgan fingerprint density at radius 2 is 1.60 bits per heavy atom. The van der Waals surface area contributed by atoms with Crippen molar-refractivity contribution in [2.75, 3.05) is 11.9 Å². The van der Waals surface area contributed by atoms with E-state index in [0.717, 1.165) is 22.3 Å². The molecule has 0 aromatic heterocycles. The number of anilines is 1. The van der Waals surface area contributed by atoms with Gasteiger partial charge in [0.05, 0.1) is 5.56 Å². The third kappa shape index (κ3) is 8.90. The highest BCUT2D eigenvalue weighted by molar-refractivity contribution is 6.00. The molecule has 3 atom stereocenters. The number of carbonyl (C=O) groups is 3. The van der Waals surface area contributed by atoms with Crippen molar-refractivity contribution in [3.05, 3.63) is 138 Å². The van der Waals surface area contributed by atoms with Crippen LogP contribution in [-0.2, 0) is 27.4 Å². The largest absolute Gasteiger partial charge is 0.458 e. The van der Waals surface area contributed by atoms with Gasteiger partial charge in [-0.15, -0.1) is 0 Å². The van der Waals surface area contributed by atoms with Crippen LogP contribution in [0.2, 0.25) is 0 Å². The van der Waals surface area contributed by atoms with Crippen LogP contribution in [0.3, 0.4) is 0 Å². The molecule has 0 saturated carbocycles. The van der Waals surface area contributed by atoms with Gasteiger partial charge in [-0.2, -0.15) is 0 Å². The SMILES string of the molecule is O=C(/C=C/[C@H](CC1CCNC1=O)NC(=O)c1ccccc1NC(O)Cc1ccccc1-c1ccccc1)OCc1ccccc1. The molecule has 8 heteroatoms. The summed E-state index contributed by atoms with van der Waals surface area (Å²) in [6, 6.07) is 33.6. The number of aliphatic hydroxyl groups is 1. The van der Waals surface area contributed by atoms with E-state index < -0.39 is 24.1 Å². The quantitative estimate of drug-likeness (QED) is 0.0943. The van der Waals surface area contributed by atoms with Gasteiger partial charge in [-0.25, -0.2) is 4.79 Å². The molecule has 1 fully saturated rings. The average Bonchev–Trinajstić information content (AvgIpc) is 3.47. The Hall–Kier alpha value is -5.21. The summed E-state index contributed by atoms with van der Waals surface area (Å²) in [6.07, 6.45) is 3.18. The van der Waals surface area contributed by atoms with Gasteiger partial charge < -0.3 is 25.8 Å². The molecule has 4 aromatic rings. The van der Waals surface area contributed by atoms with Gasteiger partial charge in [-0.3, -0.25) is 9.59 Å². The zero-order chi connectivity index (χ0) is 31.4. The van der Waals surface area contributed by atoms with E-state index in [2.05, 4.69) is 16.0 Å². The van der Waals surface area contributed by atoms with Crippen LogP contribution in [0.25, 0.3) is 11.1 Å². The predicted molar refractivity (Wildman–Crippen MR) is 174 cm³/mol. The minimum absolute atomic E-state index is 0.0738. The lowest BCUT2D eigenvalue weighted by atomic mass is 9.97. The van der Waals surface area contributed by atoms with Crippen molar-refractivity contribution < 1.29 is 24.2 Å². The van der Waals surface area contributed by atoms with Crippen molar-refractivity contribution >= 4 is 23.5 Å². The maximum Gasteiger partial charge on any atom is 0.330 e. The number of benzene rings is 4. The number of rotatable bonds is 13. The topological polar surface area (TPSA) is 117 Å². The molecule has 0 spiro atoms. The molecule has 2 amide bonds. The van der Waals surface area contributed by atoms with Gasteiger partial charge in [-0.1, -0.05) is 103 Å². The maximum atomic E-state index is 13.6. The van der Waals surface area contributed by atoms with E-state index in [1.165, 1.54) is 6.08 Å². The lowest BCUT2D eigenvalue weighted by molar-refractivity contribution is -0.139. The van der Waals surface area contributed by atoms with E-state index in [1.54, 1.807) is 30.3 Å².